The Kier molecular flexibility index (Phi) is 3.07. The Morgan fingerprint density at radius 3 is 2.83 bits per heavy atom. The third kappa shape index (κ3) is 2.21. The van der Waals surface area contributed by atoms with Gasteiger partial charge in [0, 0.05) is 6.20 Å². The molecule has 0 fully saturated rings. The third-order valence-corrected chi connectivity index (χ3v) is 2.34. The molecule has 1 N–H and O–H groups in total. The summed E-state index contributed by atoms with van der Waals surface area (Å²) >= 11 is 0. The van der Waals surface area contributed by atoms with Gasteiger partial charge in [0.15, 0.2) is 5.71 Å². The highest BCUT2D eigenvalue weighted by Gasteiger charge is 2.32. The van der Waals surface area contributed by atoms with E-state index in [0.29, 0.717) is 11.5 Å². The molecular formula is C11H10N6O. The predicted molar refractivity (Wildman–Crippen MR) is 66.8 cm³/mol. The van der Waals surface area contributed by atoms with Gasteiger partial charge < -0.3 is 10.8 Å². The highest BCUT2D eigenvalue weighted by atomic mass is 16.2. The second-order valence-corrected chi connectivity index (χ2v) is 3.76. The lowest BCUT2D eigenvalue weighted by Crippen LogP contribution is -2.32. The van der Waals surface area contributed by atoms with Crippen LogP contribution in [0.15, 0.2) is 28.5 Å². The summed E-state index contributed by atoms with van der Waals surface area (Å²) in [6.45, 7) is 3.49. The van der Waals surface area contributed by atoms with Crippen molar-refractivity contribution in [1.82, 2.24) is 4.98 Å². The van der Waals surface area contributed by atoms with E-state index in [1.54, 1.807) is 19.2 Å². The molecule has 0 atom stereocenters. The Labute approximate surface area is 103 Å². The van der Waals surface area contributed by atoms with Crippen molar-refractivity contribution in [3.05, 3.63) is 29.4 Å². The molecule has 2 rings (SSSR count). The monoisotopic (exact) mass is 242 g/mol. The van der Waals surface area contributed by atoms with Gasteiger partial charge in [0.2, 0.25) is 5.71 Å². The number of amides is 1. The number of carbonyl (C=O) groups is 1. The van der Waals surface area contributed by atoms with Crippen molar-refractivity contribution in [2.24, 2.45) is 10.2 Å². The first-order valence-electron chi connectivity index (χ1n) is 5.21. The number of carbonyl (C=O) groups excluding carboxylic acids is 1. The number of pyridine rings is 1. The fraction of sp³-hybridized carbons (Fsp3) is 0.182. The first-order valence-corrected chi connectivity index (χ1v) is 5.21. The molecule has 1 aromatic heterocycles. The summed E-state index contributed by atoms with van der Waals surface area (Å²) < 4.78 is 0. The number of nitrogens with zero attached hydrogens (tertiary/aromatic N) is 5. The molecule has 1 aliphatic rings. The van der Waals surface area contributed by atoms with Crippen molar-refractivity contribution in [1.29, 1.82) is 0 Å². The minimum Gasteiger partial charge on any atom is -0.361 e. The third-order valence-electron chi connectivity index (χ3n) is 2.34. The van der Waals surface area contributed by atoms with Crippen LogP contribution in [0.2, 0.25) is 0 Å². The van der Waals surface area contributed by atoms with Crippen molar-refractivity contribution in [3.63, 3.8) is 0 Å². The van der Waals surface area contributed by atoms with Crippen LogP contribution in [0.1, 0.15) is 12.5 Å². The maximum Gasteiger partial charge on any atom is 0.371 e. The van der Waals surface area contributed by atoms with Crippen LogP contribution in [0, 0.1) is 6.92 Å². The quantitative estimate of drug-likeness (QED) is 0.613. The number of aryl methyl sites for hydroxylation is 1. The van der Waals surface area contributed by atoms with Gasteiger partial charge in [-0.25, -0.2) is 4.98 Å². The summed E-state index contributed by atoms with van der Waals surface area (Å²) in [6.07, 6.45) is 1.59. The Hall–Kier alpha value is -2.66. The smallest absolute Gasteiger partial charge is 0.361 e. The molecule has 7 heteroatoms. The Morgan fingerprint density at radius 2 is 2.17 bits per heavy atom. The molecule has 2 heterocycles. The fourth-order valence-corrected chi connectivity index (χ4v) is 1.44. The molecule has 0 spiro atoms. The highest BCUT2D eigenvalue weighted by Crippen LogP contribution is 2.07. The van der Waals surface area contributed by atoms with Crippen LogP contribution in [0.4, 0.5) is 5.82 Å². The topological polar surface area (TPSA) is 103 Å². The van der Waals surface area contributed by atoms with Crippen molar-refractivity contribution >= 4 is 28.9 Å². The summed E-state index contributed by atoms with van der Waals surface area (Å²) in [7, 11) is 0. The SMILES string of the molecule is CC1=NN=C(C(=O)Nc2cc(C)ccn2)C1=[N+]=[N-]. The minimum atomic E-state index is -0.512. The lowest BCUT2D eigenvalue weighted by molar-refractivity contribution is -0.110. The fourth-order valence-electron chi connectivity index (χ4n) is 1.44. The minimum absolute atomic E-state index is 0.0293. The van der Waals surface area contributed by atoms with Crippen molar-refractivity contribution in [2.75, 3.05) is 5.32 Å². The van der Waals surface area contributed by atoms with Gasteiger partial charge >= 0.3 is 5.71 Å². The van der Waals surface area contributed by atoms with Gasteiger partial charge in [-0.2, -0.15) is 4.79 Å². The maximum absolute atomic E-state index is 11.9. The zero-order chi connectivity index (χ0) is 13.1. The Balaban J connectivity index is 2.18. The number of hydrogen-bond acceptors (Lipinski definition) is 4. The van der Waals surface area contributed by atoms with Gasteiger partial charge in [-0.1, -0.05) is 0 Å². The first kappa shape index (κ1) is 11.8. The Morgan fingerprint density at radius 1 is 1.39 bits per heavy atom. The van der Waals surface area contributed by atoms with E-state index < -0.39 is 5.91 Å². The molecule has 1 amide bonds. The van der Waals surface area contributed by atoms with Crippen LogP contribution in [-0.2, 0) is 4.79 Å². The van der Waals surface area contributed by atoms with Gasteiger partial charge in [-0.05, 0) is 31.5 Å². The number of nitrogens with one attached hydrogen (secondary N) is 1. The summed E-state index contributed by atoms with van der Waals surface area (Å²) in [5.74, 6) is -0.106. The van der Waals surface area contributed by atoms with Crippen LogP contribution in [0.3, 0.4) is 0 Å². The molecule has 0 aliphatic carbocycles. The molecule has 0 radical (unpaired) electrons. The average molecular weight is 242 g/mol. The van der Waals surface area contributed by atoms with Gasteiger partial charge in [-0.15, -0.1) is 10.2 Å². The van der Waals surface area contributed by atoms with Crippen LogP contribution in [0.25, 0.3) is 5.53 Å². The number of anilines is 1. The molecular weight excluding hydrogens is 232 g/mol. The van der Waals surface area contributed by atoms with Gasteiger partial charge in [-0.3, -0.25) is 4.79 Å². The number of hydrogen-bond donors (Lipinski definition) is 1. The molecule has 1 aliphatic heterocycles. The van der Waals surface area contributed by atoms with Crippen LogP contribution in [0.5, 0.6) is 0 Å². The number of aromatic nitrogens is 1. The summed E-state index contributed by atoms with van der Waals surface area (Å²) in [4.78, 5) is 18.9. The van der Waals surface area contributed by atoms with E-state index in [1.165, 1.54) is 0 Å². The molecule has 0 unspecified atom stereocenters. The largest absolute Gasteiger partial charge is 0.371 e. The van der Waals surface area contributed by atoms with Crippen LogP contribution < -0.4 is 5.32 Å². The van der Waals surface area contributed by atoms with Crippen molar-refractivity contribution in [3.8, 4) is 0 Å². The normalized spacial score (nSPS) is 13.8. The molecule has 7 nitrogen and oxygen atoms in total. The molecule has 0 aromatic carbocycles. The molecule has 1 aromatic rings. The van der Waals surface area contributed by atoms with Gasteiger partial charge in [0.05, 0.1) is 0 Å². The van der Waals surface area contributed by atoms with Gasteiger partial charge in [0.1, 0.15) is 5.82 Å². The van der Waals surface area contributed by atoms with E-state index in [4.69, 9.17) is 5.53 Å². The molecule has 90 valence electrons. The lowest BCUT2D eigenvalue weighted by Gasteiger charge is -2.02. The van der Waals surface area contributed by atoms with E-state index in [9.17, 15) is 4.79 Å². The summed E-state index contributed by atoms with van der Waals surface area (Å²) in [5, 5.41) is 9.91. The standard InChI is InChI=1S/C11H10N6O/c1-6-3-4-13-8(5-6)14-11(18)10-9(15-12)7(2)16-17-10/h3-5H,1-2H3,(H,13,14,18). The number of rotatable bonds is 2. The van der Waals surface area contributed by atoms with E-state index in [2.05, 4.69) is 25.3 Å². The van der Waals surface area contributed by atoms with Crippen LogP contribution >= 0.6 is 0 Å². The summed E-state index contributed by atoms with van der Waals surface area (Å²) in [6, 6.07) is 3.54. The van der Waals surface area contributed by atoms with E-state index in [-0.39, 0.29) is 11.4 Å². The van der Waals surface area contributed by atoms with E-state index in [0.717, 1.165) is 5.56 Å². The van der Waals surface area contributed by atoms with E-state index >= 15 is 0 Å². The maximum atomic E-state index is 11.9. The van der Waals surface area contributed by atoms with Gasteiger partial charge in [0.25, 0.3) is 5.91 Å². The molecule has 18 heavy (non-hydrogen) atoms. The molecule has 0 saturated carbocycles. The van der Waals surface area contributed by atoms with E-state index in [1.807, 2.05) is 13.0 Å². The zero-order valence-electron chi connectivity index (χ0n) is 9.88. The predicted octanol–water partition coefficient (Wildman–Crippen LogP) is 0.830. The second-order valence-electron chi connectivity index (χ2n) is 3.76. The molecule has 0 saturated heterocycles. The first-order chi connectivity index (χ1) is 8.61. The average Bonchev–Trinajstić information content (AvgIpc) is 2.70. The van der Waals surface area contributed by atoms with Crippen LogP contribution in [-0.4, -0.2) is 32.8 Å². The summed E-state index contributed by atoms with van der Waals surface area (Å²) in [5.41, 5.74) is 10.2. The van der Waals surface area contributed by atoms with Crippen molar-refractivity contribution < 1.29 is 9.58 Å². The highest BCUT2D eigenvalue weighted by molar-refractivity contribution is 6.82. The second kappa shape index (κ2) is 4.68. The zero-order valence-corrected chi connectivity index (χ0v) is 9.88. The van der Waals surface area contributed by atoms with Crippen molar-refractivity contribution in [2.45, 2.75) is 13.8 Å². The molecule has 0 bridgehead atoms. The Bertz CT molecular complexity index is 624. The lowest BCUT2D eigenvalue weighted by atomic mass is 10.1.